The summed E-state index contributed by atoms with van der Waals surface area (Å²) in [6.45, 7) is 4.97. The number of nitrogens with zero attached hydrogens (tertiary/aromatic N) is 1. The molecule has 0 aliphatic rings. The second kappa shape index (κ2) is 5.00. The van der Waals surface area contributed by atoms with E-state index in [2.05, 4.69) is 24.4 Å². The number of aryl methyl sites for hydroxylation is 1. The van der Waals surface area contributed by atoms with Crippen molar-refractivity contribution < 1.29 is 0 Å². The molecule has 1 N–H and O–H groups in total. The van der Waals surface area contributed by atoms with Crippen LogP contribution < -0.4 is 5.32 Å². The van der Waals surface area contributed by atoms with E-state index in [0.29, 0.717) is 0 Å². The van der Waals surface area contributed by atoms with Crippen LogP contribution in [-0.4, -0.2) is 6.54 Å². The van der Waals surface area contributed by atoms with Gasteiger partial charge in [0.25, 0.3) is 0 Å². The van der Waals surface area contributed by atoms with E-state index in [9.17, 15) is 0 Å². The molecule has 13 heavy (non-hydrogen) atoms. The van der Waals surface area contributed by atoms with Crippen molar-refractivity contribution in [2.45, 2.75) is 26.3 Å². The van der Waals surface area contributed by atoms with Gasteiger partial charge in [-0.1, -0.05) is 13.8 Å². The van der Waals surface area contributed by atoms with Gasteiger partial charge in [-0.25, -0.2) is 0 Å². The SMILES string of the molecule is CCNC(C#N)c1ccc(CC)s1. The van der Waals surface area contributed by atoms with Gasteiger partial charge in [-0.3, -0.25) is 5.32 Å². The maximum Gasteiger partial charge on any atom is 0.130 e. The highest BCUT2D eigenvalue weighted by atomic mass is 32.1. The van der Waals surface area contributed by atoms with E-state index >= 15 is 0 Å². The molecule has 0 saturated heterocycles. The molecule has 0 amide bonds. The lowest BCUT2D eigenvalue weighted by Gasteiger charge is -2.05. The summed E-state index contributed by atoms with van der Waals surface area (Å²) in [6.07, 6.45) is 1.05. The van der Waals surface area contributed by atoms with Gasteiger partial charge in [-0.05, 0) is 25.1 Å². The van der Waals surface area contributed by atoms with Crippen molar-refractivity contribution in [2.24, 2.45) is 0 Å². The number of thiophene rings is 1. The highest BCUT2D eigenvalue weighted by Crippen LogP contribution is 2.23. The lowest BCUT2D eigenvalue weighted by molar-refractivity contribution is 0.667. The molecule has 1 aromatic heterocycles. The zero-order valence-electron chi connectivity index (χ0n) is 8.00. The molecule has 1 rings (SSSR count). The first-order valence-corrected chi connectivity index (χ1v) is 5.35. The minimum atomic E-state index is -0.129. The predicted octanol–water partition coefficient (Wildman–Crippen LogP) is 2.48. The summed E-state index contributed by atoms with van der Waals surface area (Å²) < 4.78 is 0. The molecule has 1 heterocycles. The Hall–Kier alpha value is -0.850. The average molecular weight is 194 g/mol. The summed E-state index contributed by atoms with van der Waals surface area (Å²) in [6, 6.07) is 6.27. The van der Waals surface area contributed by atoms with Crippen LogP contribution in [0.4, 0.5) is 0 Å². The van der Waals surface area contributed by atoms with E-state index in [0.717, 1.165) is 17.8 Å². The van der Waals surface area contributed by atoms with Gasteiger partial charge in [0.05, 0.1) is 6.07 Å². The van der Waals surface area contributed by atoms with Gasteiger partial charge >= 0.3 is 0 Å². The Balaban J connectivity index is 2.74. The topological polar surface area (TPSA) is 35.8 Å². The molecule has 0 spiro atoms. The van der Waals surface area contributed by atoms with Crippen LogP contribution in [0.5, 0.6) is 0 Å². The highest BCUT2D eigenvalue weighted by Gasteiger charge is 2.10. The third kappa shape index (κ3) is 2.55. The standard InChI is InChI=1S/C10H14N2S/c1-3-8-5-6-10(13-8)9(7-11)12-4-2/h5-6,9,12H,3-4H2,1-2H3. The van der Waals surface area contributed by atoms with E-state index in [1.807, 2.05) is 13.0 Å². The molecule has 1 aromatic rings. The summed E-state index contributed by atoms with van der Waals surface area (Å²) in [5.74, 6) is 0. The molecule has 70 valence electrons. The van der Waals surface area contributed by atoms with Crippen molar-refractivity contribution >= 4 is 11.3 Å². The Morgan fingerprint density at radius 2 is 2.31 bits per heavy atom. The van der Waals surface area contributed by atoms with Gasteiger partial charge < -0.3 is 0 Å². The van der Waals surface area contributed by atoms with E-state index in [1.54, 1.807) is 11.3 Å². The number of rotatable bonds is 4. The Kier molecular flexibility index (Phi) is 3.94. The summed E-state index contributed by atoms with van der Waals surface area (Å²) in [7, 11) is 0. The molecular weight excluding hydrogens is 180 g/mol. The first-order valence-electron chi connectivity index (χ1n) is 4.53. The van der Waals surface area contributed by atoms with E-state index in [-0.39, 0.29) is 6.04 Å². The summed E-state index contributed by atoms with van der Waals surface area (Å²) >= 11 is 1.72. The molecule has 0 aliphatic carbocycles. The molecule has 0 radical (unpaired) electrons. The minimum Gasteiger partial charge on any atom is -0.298 e. The Morgan fingerprint density at radius 1 is 1.54 bits per heavy atom. The van der Waals surface area contributed by atoms with Crippen molar-refractivity contribution in [2.75, 3.05) is 6.54 Å². The fourth-order valence-corrected chi connectivity index (χ4v) is 2.13. The van der Waals surface area contributed by atoms with E-state index in [1.165, 1.54) is 4.88 Å². The fraction of sp³-hybridized carbons (Fsp3) is 0.500. The second-order valence-corrected chi connectivity index (χ2v) is 3.98. The molecule has 0 fully saturated rings. The van der Waals surface area contributed by atoms with Crippen molar-refractivity contribution in [3.63, 3.8) is 0 Å². The fourth-order valence-electron chi connectivity index (χ4n) is 1.15. The Labute approximate surface area is 83.2 Å². The molecule has 0 saturated carbocycles. The van der Waals surface area contributed by atoms with Crippen LogP contribution in [0.1, 0.15) is 29.6 Å². The maximum atomic E-state index is 8.89. The molecular formula is C10H14N2S. The number of hydrogen-bond donors (Lipinski definition) is 1. The average Bonchev–Trinajstić information content (AvgIpc) is 2.62. The molecule has 1 unspecified atom stereocenters. The number of hydrogen-bond acceptors (Lipinski definition) is 3. The first-order chi connectivity index (χ1) is 6.31. The van der Waals surface area contributed by atoms with Gasteiger partial charge in [0.15, 0.2) is 0 Å². The zero-order valence-corrected chi connectivity index (χ0v) is 8.82. The zero-order chi connectivity index (χ0) is 9.68. The molecule has 2 nitrogen and oxygen atoms in total. The molecule has 1 atom stereocenters. The van der Waals surface area contributed by atoms with Crippen LogP contribution in [0, 0.1) is 11.3 Å². The van der Waals surface area contributed by atoms with Crippen LogP contribution in [0.15, 0.2) is 12.1 Å². The summed E-state index contributed by atoms with van der Waals surface area (Å²) in [5, 5.41) is 12.0. The van der Waals surface area contributed by atoms with Crippen LogP contribution in [0.3, 0.4) is 0 Å². The lowest BCUT2D eigenvalue weighted by atomic mass is 10.2. The normalized spacial score (nSPS) is 12.4. The highest BCUT2D eigenvalue weighted by molar-refractivity contribution is 7.12. The third-order valence-electron chi connectivity index (χ3n) is 1.85. The van der Waals surface area contributed by atoms with Gasteiger partial charge in [0, 0.05) is 9.75 Å². The van der Waals surface area contributed by atoms with E-state index < -0.39 is 0 Å². The Morgan fingerprint density at radius 3 is 2.77 bits per heavy atom. The van der Waals surface area contributed by atoms with Crippen molar-refractivity contribution in [3.05, 3.63) is 21.9 Å². The third-order valence-corrected chi connectivity index (χ3v) is 3.15. The number of nitriles is 1. The lowest BCUT2D eigenvalue weighted by Crippen LogP contribution is -2.17. The van der Waals surface area contributed by atoms with Crippen molar-refractivity contribution in [1.29, 1.82) is 5.26 Å². The van der Waals surface area contributed by atoms with Crippen molar-refractivity contribution in [1.82, 2.24) is 5.32 Å². The first kappa shape index (κ1) is 10.2. The van der Waals surface area contributed by atoms with Crippen LogP contribution in [-0.2, 0) is 6.42 Å². The van der Waals surface area contributed by atoms with Gasteiger partial charge in [-0.15, -0.1) is 11.3 Å². The van der Waals surface area contributed by atoms with Crippen LogP contribution in [0.2, 0.25) is 0 Å². The van der Waals surface area contributed by atoms with Crippen molar-refractivity contribution in [3.8, 4) is 6.07 Å². The molecule has 0 aromatic carbocycles. The second-order valence-electron chi connectivity index (χ2n) is 2.78. The largest absolute Gasteiger partial charge is 0.298 e. The summed E-state index contributed by atoms with van der Waals surface area (Å²) in [5.41, 5.74) is 0. The van der Waals surface area contributed by atoms with E-state index in [4.69, 9.17) is 5.26 Å². The molecule has 3 heteroatoms. The van der Waals surface area contributed by atoms with Crippen LogP contribution >= 0.6 is 11.3 Å². The predicted molar refractivity (Wildman–Crippen MR) is 55.7 cm³/mol. The van der Waals surface area contributed by atoms with Gasteiger partial charge in [-0.2, -0.15) is 5.26 Å². The minimum absolute atomic E-state index is 0.129. The maximum absolute atomic E-state index is 8.89. The monoisotopic (exact) mass is 194 g/mol. The van der Waals surface area contributed by atoms with Gasteiger partial charge in [0.1, 0.15) is 6.04 Å². The smallest absolute Gasteiger partial charge is 0.130 e. The number of nitrogens with one attached hydrogen (secondary N) is 1. The Bertz CT molecular complexity index is 298. The molecule has 0 aliphatic heterocycles. The quantitative estimate of drug-likeness (QED) is 0.799. The summed E-state index contributed by atoms with van der Waals surface area (Å²) in [4.78, 5) is 2.47. The van der Waals surface area contributed by atoms with Gasteiger partial charge in [0.2, 0.25) is 0 Å². The van der Waals surface area contributed by atoms with Crippen LogP contribution in [0.25, 0.3) is 0 Å². The molecule has 0 bridgehead atoms.